The Hall–Kier alpha value is -3.40. The second-order valence-corrected chi connectivity index (χ2v) is 6.37. The number of hydrogen-bond acceptors (Lipinski definition) is 7. The van der Waals surface area contributed by atoms with Crippen molar-refractivity contribution in [3.8, 4) is 11.5 Å². The van der Waals surface area contributed by atoms with E-state index in [0.29, 0.717) is 28.0 Å². The molecule has 1 aliphatic heterocycles. The number of halogens is 1. The van der Waals surface area contributed by atoms with Gasteiger partial charge >= 0.3 is 5.91 Å². The van der Waals surface area contributed by atoms with Crippen LogP contribution in [0.15, 0.2) is 50.4 Å². The van der Waals surface area contributed by atoms with E-state index in [1.807, 2.05) is 0 Å². The molecule has 4 rings (SSSR count). The summed E-state index contributed by atoms with van der Waals surface area (Å²) in [5.41, 5.74) is 3.32. The summed E-state index contributed by atoms with van der Waals surface area (Å²) in [6, 6.07) is 8.98. The van der Waals surface area contributed by atoms with Crippen LogP contribution in [-0.2, 0) is 0 Å². The van der Waals surface area contributed by atoms with Crippen LogP contribution in [0, 0.1) is 10.1 Å². The topological polar surface area (TPSA) is 116 Å². The molecule has 0 saturated heterocycles. The van der Waals surface area contributed by atoms with E-state index in [2.05, 4.69) is 26.5 Å². The van der Waals surface area contributed by atoms with Gasteiger partial charge in [0.15, 0.2) is 17.3 Å². The molecule has 0 radical (unpaired) electrons. The zero-order valence-corrected chi connectivity index (χ0v) is 15.1. The predicted molar refractivity (Wildman–Crippen MR) is 98.2 cm³/mol. The highest BCUT2D eigenvalue weighted by atomic mass is 79.9. The lowest BCUT2D eigenvalue weighted by molar-refractivity contribution is -0.384. The maximum absolute atomic E-state index is 12.2. The van der Waals surface area contributed by atoms with Gasteiger partial charge in [-0.3, -0.25) is 14.9 Å². The SMILES string of the molecule is O=C(N/N=C\c1cc2c(cc1Br)OCO2)c1cc2cc([N+](=O)[O-])ccc2o1. The van der Waals surface area contributed by atoms with E-state index in [0.717, 1.165) is 4.47 Å². The van der Waals surface area contributed by atoms with Crippen LogP contribution >= 0.6 is 15.9 Å². The third-order valence-corrected chi connectivity index (χ3v) is 4.48. The zero-order valence-electron chi connectivity index (χ0n) is 13.5. The molecule has 0 atom stereocenters. The largest absolute Gasteiger partial charge is 0.454 e. The summed E-state index contributed by atoms with van der Waals surface area (Å²) in [6.45, 7) is 0.156. The molecule has 9 nitrogen and oxygen atoms in total. The van der Waals surface area contributed by atoms with E-state index >= 15 is 0 Å². The number of nitrogens with one attached hydrogen (secondary N) is 1. The number of hydrazone groups is 1. The fourth-order valence-corrected chi connectivity index (χ4v) is 2.93. The molecule has 136 valence electrons. The third-order valence-electron chi connectivity index (χ3n) is 3.80. The lowest BCUT2D eigenvalue weighted by atomic mass is 10.2. The van der Waals surface area contributed by atoms with Crippen LogP contribution in [0.3, 0.4) is 0 Å². The first-order valence-corrected chi connectivity index (χ1v) is 8.41. The molecule has 2 heterocycles. The summed E-state index contributed by atoms with van der Waals surface area (Å²) in [5.74, 6) is 0.624. The molecule has 3 aromatic rings. The quantitative estimate of drug-likeness (QED) is 0.383. The summed E-state index contributed by atoms with van der Waals surface area (Å²) >= 11 is 3.39. The molecule has 0 fully saturated rings. The number of nitro benzene ring substituents is 1. The summed E-state index contributed by atoms with van der Waals surface area (Å²) in [4.78, 5) is 22.5. The highest BCUT2D eigenvalue weighted by Crippen LogP contribution is 2.36. The Morgan fingerprint density at radius 3 is 2.78 bits per heavy atom. The van der Waals surface area contributed by atoms with E-state index in [-0.39, 0.29) is 18.2 Å². The van der Waals surface area contributed by atoms with Crippen molar-refractivity contribution < 1.29 is 23.6 Å². The number of ether oxygens (including phenoxy) is 2. The van der Waals surface area contributed by atoms with Crippen LogP contribution in [0.5, 0.6) is 11.5 Å². The molecule has 1 aromatic heterocycles. The van der Waals surface area contributed by atoms with Crippen LogP contribution in [0.25, 0.3) is 11.0 Å². The molecule has 2 aromatic carbocycles. The molecule has 1 aliphatic rings. The average Bonchev–Trinajstić information content (AvgIpc) is 3.27. The third kappa shape index (κ3) is 3.34. The maximum atomic E-state index is 12.2. The van der Waals surface area contributed by atoms with Gasteiger partial charge in [-0.15, -0.1) is 0 Å². The Morgan fingerprint density at radius 1 is 1.22 bits per heavy atom. The molecule has 27 heavy (non-hydrogen) atoms. The number of fused-ring (bicyclic) bond motifs is 2. The number of rotatable bonds is 4. The van der Waals surface area contributed by atoms with Crippen LogP contribution < -0.4 is 14.9 Å². The lowest BCUT2D eigenvalue weighted by Gasteiger charge is -2.01. The highest BCUT2D eigenvalue weighted by Gasteiger charge is 2.16. The van der Waals surface area contributed by atoms with Gasteiger partial charge < -0.3 is 13.9 Å². The van der Waals surface area contributed by atoms with Gasteiger partial charge in [-0.05, 0) is 40.2 Å². The lowest BCUT2D eigenvalue weighted by Crippen LogP contribution is -2.16. The summed E-state index contributed by atoms with van der Waals surface area (Å²) < 4.78 is 16.7. The zero-order chi connectivity index (χ0) is 19.0. The number of nitro groups is 1. The van der Waals surface area contributed by atoms with Gasteiger partial charge in [0.1, 0.15) is 5.58 Å². The molecule has 0 unspecified atom stereocenters. The number of hydrogen-bond donors (Lipinski definition) is 1. The van der Waals surface area contributed by atoms with Gasteiger partial charge in [0.05, 0.1) is 11.1 Å². The number of carbonyl (C=O) groups excluding carboxylic acids is 1. The smallest absolute Gasteiger partial charge is 0.307 e. The van der Waals surface area contributed by atoms with Crippen molar-refractivity contribution in [1.29, 1.82) is 0 Å². The summed E-state index contributed by atoms with van der Waals surface area (Å²) in [5, 5.41) is 15.2. The van der Waals surface area contributed by atoms with Crippen molar-refractivity contribution in [3.05, 3.63) is 62.3 Å². The van der Waals surface area contributed by atoms with Crippen molar-refractivity contribution in [2.24, 2.45) is 5.10 Å². The van der Waals surface area contributed by atoms with E-state index in [1.165, 1.54) is 30.5 Å². The number of non-ortho nitro benzene ring substituents is 1. The van der Waals surface area contributed by atoms with E-state index in [4.69, 9.17) is 13.9 Å². The minimum atomic E-state index is -0.582. The molecule has 1 amide bonds. The molecule has 0 spiro atoms. The Bertz CT molecular complexity index is 1110. The first-order valence-electron chi connectivity index (χ1n) is 7.62. The molecular weight excluding hydrogens is 422 g/mol. The average molecular weight is 432 g/mol. The normalized spacial score (nSPS) is 12.6. The van der Waals surface area contributed by atoms with Crippen LogP contribution in [-0.4, -0.2) is 23.8 Å². The number of amides is 1. The first-order chi connectivity index (χ1) is 13.0. The first kappa shape index (κ1) is 17.0. The Morgan fingerprint density at radius 2 is 2.00 bits per heavy atom. The van der Waals surface area contributed by atoms with Crippen molar-refractivity contribution >= 4 is 44.7 Å². The maximum Gasteiger partial charge on any atom is 0.307 e. The molecule has 10 heteroatoms. The van der Waals surface area contributed by atoms with Gasteiger partial charge in [0.2, 0.25) is 6.79 Å². The van der Waals surface area contributed by atoms with E-state index in [1.54, 1.807) is 12.1 Å². The van der Waals surface area contributed by atoms with Gasteiger partial charge in [-0.1, -0.05) is 0 Å². The minimum absolute atomic E-state index is 0.00704. The Labute approximate surface area is 159 Å². The highest BCUT2D eigenvalue weighted by molar-refractivity contribution is 9.10. The van der Waals surface area contributed by atoms with E-state index < -0.39 is 10.8 Å². The standard InChI is InChI=1S/C17H10BrN3O6/c18-12-6-15-14(25-8-26-15)5-10(12)7-19-20-17(22)16-4-9-3-11(21(23)24)1-2-13(9)27-16/h1-7H,8H2,(H,20,22)/b19-7-. The van der Waals surface area contributed by atoms with Crippen LogP contribution in [0.4, 0.5) is 5.69 Å². The van der Waals surface area contributed by atoms with Crippen LogP contribution in [0.2, 0.25) is 0 Å². The van der Waals surface area contributed by atoms with Crippen molar-refractivity contribution in [1.82, 2.24) is 5.43 Å². The molecule has 0 aliphatic carbocycles. The number of nitrogens with zero attached hydrogens (tertiary/aromatic N) is 2. The van der Waals surface area contributed by atoms with Crippen molar-refractivity contribution in [2.45, 2.75) is 0 Å². The minimum Gasteiger partial charge on any atom is -0.454 e. The molecule has 0 saturated carbocycles. The monoisotopic (exact) mass is 431 g/mol. The summed E-state index contributed by atoms with van der Waals surface area (Å²) in [6.07, 6.45) is 1.44. The second kappa shape index (κ2) is 6.72. The van der Waals surface area contributed by atoms with E-state index in [9.17, 15) is 14.9 Å². The fourth-order valence-electron chi connectivity index (χ4n) is 2.50. The molecular formula is C17H10BrN3O6. The van der Waals surface area contributed by atoms with Crippen LogP contribution in [0.1, 0.15) is 16.1 Å². The number of furan rings is 1. The van der Waals surface area contributed by atoms with Gasteiger partial charge in [-0.25, -0.2) is 5.43 Å². The van der Waals surface area contributed by atoms with Crippen molar-refractivity contribution in [3.63, 3.8) is 0 Å². The predicted octanol–water partition coefficient (Wildman–Crippen LogP) is 3.60. The fraction of sp³-hybridized carbons (Fsp3) is 0.0588. The molecule has 0 bridgehead atoms. The Balaban J connectivity index is 1.50. The molecule has 1 N–H and O–H groups in total. The second-order valence-electron chi connectivity index (χ2n) is 5.52. The van der Waals surface area contributed by atoms with Gasteiger partial charge in [0, 0.05) is 27.6 Å². The Kier molecular flexibility index (Phi) is 4.24. The number of carbonyl (C=O) groups is 1. The number of benzene rings is 2. The van der Waals surface area contributed by atoms with Gasteiger partial charge in [-0.2, -0.15) is 5.10 Å². The van der Waals surface area contributed by atoms with Crippen molar-refractivity contribution in [2.75, 3.05) is 6.79 Å². The van der Waals surface area contributed by atoms with Gasteiger partial charge in [0.25, 0.3) is 5.69 Å². The summed E-state index contributed by atoms with van der Waals surface area (Å²) in [7, 11) is 0.